The molecule has 0 aromatic heterocycles. The fourth-order valence-corrected chi connectivity index (χ4v) is 3.32. The van der Waals surface area contributed by atoms with Crippen LogP contribution in [-0.4, -0.2) is 42.9 Å². The summed E-state index contributed by atoms with van der Waals surface area (Å²) >= 11 is 0. The van der Waals surface area contributed by atoms with Gasteiger partial charge in [-0.3, -0.25) is 0 Å². The number of phenolic OH excluding ortho intramolecular Hbond substituents is 7. The lowest BCUT2D eigenvalue weighted by molar-refractivity contribution is 0.344. The van der Waals surface area contributed by atoms with Crippen molar-refractivity contribution in [1.29, 1.82) is 0 Å². The van der Waals surface area contributed by atoms with Crippen LogP contribution >= 0.6 is 0 Å². The first-order valence-electron chi connectivity index (χ1n) is 10.9. The zero-order valence-corrected chi connectivity index (χ0v) is 19.8. The smallest absolute Gasteiger partial charge is 0.202 e. The highest BCUT2D eigenvalue weighted by molar-refractivity contribution is 5.73. The molecule has 4 aromatic rings. The Morgan fingerprint density at radius 3 is 1.16 bits per heavy atom. The fourth-order valence-electron chi connectivity index (χ4n) is 3.32. The number of hydrogen-bond acceptors (Lipinski definition) is 8. The Hall–Kier alpha value is -5.24. The van der Waals surface area contributed by atoms with Crippen LogP contribution in [0, 0.1) is 0 Å². The van der Waals surface area contributed by atoms with Gasteiger partial charge >= 0.3 is 0 Å². The summed E-state index contributed by atoms with van der Waals surface area (Å²) in [5.41, 5.74) is 2.75. The minimum absolute atomic E-state index is 0.0113. The van der Waals surface area contributed by atoms with Crippen molar-refractivity contribution in [3.8, 4) is 46.0 Å². The molecular formula is C29H26O8. The summed E-state index contributed by atoms with van der Waals surface area (Å²) in [7, 11) is 1.35. The molecule has 0 aliphatic carbocycles. The van der Waals surface area contributed by atoms with Gasteiger partial charge in [0, 0.05) is 12.1 Å². The maximum atomic E-state index is 9.66. The molecule has 0 bridgehead atoms. The van der Waals surface area contributed by atoms with Gasteiger partial charge in [0.2, 0.25) is 5.75 Å². The van der Waals surface area contributed by atoms with Crippen molar-refractivity contribution in [2.45, 2.75) is 0 Å². The van der Waals surface area contributed by atoms with Crippen LogP contribution in [0.4, 0.5) is 0 Å². The van der Waals surface area contributed by atoms with Crippen molar-refractivity contribution < 1.29 is 40.5 Å². The minimum atomic E-state index is -0.175. The summed E-state index contributed by atoms with van der Waals surface area (Å²) in [5.74, 6) is -0.174. The van der Waals surface area contributed by atoms with Crippen LogP contribution in [0.25, 0.3) is 24.3 Å². The number of rotatable bonds is 5. The second-order valence-corrected chi connectivity index (χ2v) is 7.92. The second kappa shape index (κ2) is 11.9. The summed E-state index contributed by atoms with van der Waals surface area (Å²) in [6, 6.07) is 18.1. The van der Waals surface area contributed by atoms with Crippen LogP contribution in [0.5, 0.6) is 46.0 Å². The molecule has 0 saturated carbocycles. The van der Waals surface area contributed by atoms with E-state index in [1.165, 1.54) is 43.5 Å². The SMILES string of the molecule is COc1c(O)cc(/C=C/c2cc(O)cc(O)c2)cc1O.Oc1ccc(/C=C/c2cc(O)cc(O)c2)cc1. The first-order valence-corrected chi connectivity index (χ1v) is 10.9. The predicted octanol–water partition coefficient (Wildman–Crippen LogP) is 5.66. The van der Waals surface area contributed by atoms with Crippen molar-refractivity contribution in [3.63, 3.8) is 0 Å². The normalized spacial score (nSPS) is 10.8. The number of benzene rings is 4. The number of methoxy groups -OCH3 is 1. The van der Waals surface area contributed by atoms with Crippen LogP contribution in [0.1, 0.15) is 22.3 Å². The van der Waals surface area contributed by atoms with E-state index in [1.807, 2.05) is 6.08 Å². The molecule has 4 aromatic carbocycles. The molecule has 0 heterocycles. The summed E-state index contributed by atoms with van der Waals surface area (Å²) in [6.07, 6.45) is 6.84. The Bertz CT molecular complexity index is 1360. The molecule has 0 saturated heterocycles. The Kier molecular flexibility index (Phi) is 8.51. The van der Waals surface area contributed by atoms with Gasteiger partial charge in [-0.1, -0.05) is 36.4 Å². The first kappa shape index (κ1) is 26.4. The maximum absolute atomic E-state index is 9.66. The van der Waals surface area contributed by atoms with Crippen LogP contribution < -0.4 is 4.74 Å². The summed E-state index contributed by atoms with van der Waals surface area (Å²) in [5, 5.41) is 65.8. The molecule has 0 fully saturated rings. The van der Waals surface area contributed by atoms with Crippen LogP contribution in [0.3, 0.4) is 0 Å². The van der Waals surface area contributed by atoms with Gasteiger partial charge in [0.25, 0.3) is 0 Å². The zero-order valence-electron chi connectivity index (χ0n) is 19.8. The molecule has 8 heteroatoms. The third-order valence-electron chi connectivity index (χ3n) is 4.96. The molecule has 0 radical (unpaired) electrons. The third-order valence-corrected chi connectivity index (χ3v) is 4.96. The van der Waals surface area contributed by atoms with E-state index < -0.39 is 0 Å². The average Bonchev–Trinajstić information content (AvgIpc) is 2.82. The van der Waals surface area contributed by atoms with Crippen molar-refractivity contribution in [2.75, 3.05) is 7.11 Å². The van der Waals surface area contributed by atoms with E-state index in [9.17, 15) is 30.6 Å². The Morgan fingerprint density at radius 2 is 0.784 bits per heavy atom. The average molecular weight is 503 g/mol. The van der Waals surface area contributed by atoms with Crippen molar-refractivity contribution in [3.05, 3.63) is 95.1 Å². The highest BCUT2D eigenvalue weighted by Gasteiger charge is 2.08. The Balaban J connectivity index is 0.000000208. The van der Waals surface area contributed by atoms with Gasteiger partial charge in [0.15, 0.2) is 11.5 Å². The van der Waals surface area contributed by atoms with Crippen LogP contribution in [0.2, 0.25) is 0 Å². The number of ether oxygens (including phenoxy) is 1. The zero-order chi connectivity index (χ0) is 26.9. The van der Waals surface area contributed by atoms with Crippen molar-refractivity contribution >= 4 is 24.3 Å². The largest absolute Gasteiger partial charge is 0.508 e. The van der Waals surface area contributed by atoms with E-state index >= 15 is 0 Å². The molecular weight excluding hydrogens is 476 g/mol. The van der Waals surface area contributed by atoms with E-state index in [0.29, 0.717) is 16.7 Å². The van der Waals surface area contributed by atoms with Crippen LogP contribution in [0.15, 0.2) is 72.8 Å². The number of hydrogen-bond donors (Lipinski definition) is 7. The standard InChI is InChI=1S/C15H14O5.C14H12O3/c1-20-15-13(18)6-10(7-14(15)19)3-2-9-4-11(16)8-12(17)5-9;15-12-5-3-10(4-6-12)1-2-11-7-13(16)9-14(17)8-11/h2-8,16-19H,1H3;1-9,15-17H/b3-2+;2-1+. The van der Waals surface area contributed by atoms with E-state index in [0.717, 1.165) is 5.56 Å². The monoisotopic (exact) mass is 502 g/mol. The van der Waals surface area contributed by atoms with Crippen molar-refractivity contribution in [1.82, 2.24) is 0 Å². The highest BCUT2D eigenvalue weighted by atomic mass is 16.5. The van der Waals surface area contributed by atoms with Gasteiger partial charge in [-0.15, -0.1) is 0 Å². The Labute approximate surface area is 213 Å². The molecule has 0 atom stereocenters. The summed E-state index contributed by atoms with van der Waals surface area (Å²) in [4.78, 5) is 0. The lowest BCUT2D eigenvalue weighted by Gasteiger charge is -2.06. The van der Waals surface area contributed by atoms with Gasteiger partial charge in [0.05, 0.1) is 7.11 Å². The van der Waals surface area contributed by atoms with E-state index in [-0.39, 0.29) is 46.0 Å². The van der Waals surface area contributed by atoms with E-state index in [2.05, 4.69) is 0 Å². The molecule has 0 spiro atoms. The molecule has 190 valence electrons. The van der Waals surface area contributed by atoms with Crippen LogP contribution in [-0.2, 0) is 0 Å². The lowest BCUT2D eigenvalue weighted by atomic mass is 10.1. The topological polar surface area (TPSA) is 151 Å². The Morgan fingerprint density at radius 1 is 0.432 bits per heavy atom. The molecule has 0 amide bonds. The van der Waals surface area contributed by atoms with Gasteiger partial charge in [-0.25, -0.2) is 0 Å². The molecule has 7 N–H and O–H groups in total. The number of phenols is 7. The molecule has 0 unspecified atom stereocenters. The molecule has 0 aliphatic heterocycles. The molecule has 37 heavy (non-hydrogen) atoms. The molecule has 8 nitrogen and oxygen atoms in total. The van der Waals surface area contributed by atoms with E-state index in [4.69, 9.17) is 9.84 Å². The van der Waals surface area contributed by atoms with E-state index in [1.54, 1.807) is 54.6 Å². The molecule has 4 rings (SSSR count). The lowest BCUT2D eigenvalue weighted by Crippen LogP contribution is -1.85. The quantitative estimate of drug-likeness (QED) is 0.173. The highest BCUT2D eigenvalue weighted by Crippen LogP contribution is 2.37. The van der Waals surface area contributed by atoms with Gasteiger partial charge in [0.1, 0.15) is 28.7 Å². The van der Waals surface area contributed by atoms with Gasteiger partial charge < -0.3 is 40.5 Å². The fraction of sp³-hybridized carbons (Fsp3) is 0.0345. The second-order valence-electron chi connectivity index (χ2n) is 7.92. The maximum Gasteiger partial charge on any atom is 0.202 e. The summed E-state index contributed by atoms with van der Waals surface area (Å²) in [6.45, 7) is 0. The first-order chi connectivity index (χ1) is 17.6. The third kappa shape index (κ3) is 7.90. The van der Waals surface area contributed by atoms with Gasteiger partial charge in [-0.2, -0.15) is 0 Å². The van der Waals surface area contributed by atoms with Gasteiger partial charge in [-0.05, 0) is 70.8 Å². The molecule has 0 aliphatic rings. The van der Waals surface area contributed by atoms with Crippen molar-refractivity contribution in [2.24, 2.45) is 0 Å². The summed E-state index contributed by atoms with van der Waals surface area (Å²) < 4.78 is 4.83. The minimum Gasteiger partial charge on any atom is -0.508 e. The number of aromatic hydroxyl groups is 7. The predicted molar refractivity (Wildman–Crippen MR) is 142 cm³/mol.